The van der Waals surface area contributed by atoms with Gasteiger partial charge in [0.05, 0.1) is 23.8 Å². The van der Waals surface area contributed by atoms with Crippen molar-refractivity contribution in [3.63, 3.8) is 0 Å². The Bertz CT molecular complexity index is 472. The molecule has 0 spiro atoms. The first-order valence-electron chi connectivity index (χ1n) is 4.70. The molecule has 0 bridgehead atoms. The van der Waals surface area contributed by atoms with Crippen LogP contribution in [-0.2, 0) is 9.53 Å². The normalized spacial score (nSPS) is 9.25. The summed E-state index contributed by atoms with van der Waals surface area (Å²) in [5.41, 5.74) is 0.304. The van der Waals surface area contributed by atoms with E-state index in [-0.39, 0.29) is 29.1 Å². The first-order chi connectivity index (χ1) is 7.61. The van der Waals surface area contributed by atoms with E-state index in [1.54, 1.807) is 6.92 Å². The van der Waals surface area contributed by atoms with Crippen molar-refractivity contribution < 1.29 is 14.6 Å². The van der Waals surface area contributed by atoms with E-state index < -0.39 is 5.97 Å². The third kappa shape index (κ3) is 2.20. The molecule has 0 heterocycles. The molecule has 16 heavy (non-hydrogen) atoms. The quantitative estimate of drug-likeness (QED) is 0.619. The molecule has 0 aliphatic rings. The van der Waals surface area contributed by atoms with Crippen LogP contribution in [0.1, 0.15) is 18.1 Å². The fraction of sp³-hybridized carbons (Fsp3) is 0.167. The van der Waals surface area contributed by atoms with Crippen LogP contribution in [0.3, 0.4) is 0 Å². The van der Waals surface area contributed by atoms with E-state index in [1.165, 1.54) is 18.2 Å². The summed E-state index contributed by atoms with van der Waals surface area (Å²) in [7, 11) is 0. The zero-order chi connectivity index (χ0) is 12.1. The van der Waals surface area contributed by atoms with Crippen molar-refractivity contribution in [1.29, 1.82) is 5.26 Å². The monoisotopic (exact) mass is 217 g/mol. The summed E-state index contributed by atoms with van der Waals surface area (Å²) in [6, 6.07) is 6.30. The van der Waals surface area contributed by atoms with E-state index in [2.05, 4.69) is 6.58 Å². The molecule has 1 rings (SSSR count). The summed E-state index contributed by atoms with van der Waals surface area (Å²) in [5, 5.41) is 18.4. The second kappa shape index (κ2) is 4.99. The summed E-state index contributed by atoms with van der Waals surface area (Å²) in [4.78, 5) is 11.4. The van der Waals surface area contributed by atoms with Crippen LogP contribution in [0.4, 0.5) is 0 Å². The van der Waals surface area contributed by atoms with Gasteiger partial charge in [0, 0.05) is 5.56 Å². The standard InChI is InChI=1S/C12H11NO3/c1-3-16-12(15)8(2)11-9(7-13)5-4-6-10(11)14/h4-6,14H,2-3H2,1H3. The molecule has 82 valence electrons. The Hall–Kier alpha value is -2.28. The van der Waals surface area contributed by atoms with Gasteiger partial charge in [0.15, 0.2) is 0 Å². The van der Waals surface area contributed by atoms with Crippen molar-refractivity contribution in [2.24, 2.45) is 0 Å². The average Bonchev–Trinajstić information content (AvgIpc) is 2.28. The number of hydrogen-bond acceptors (Lipinski definition) is 4. The SMILES string of the molecule is C=C(C(=O)OCC)c1c(O)cccc1C#N. The second-order valence-electron chi connectivity index (χ2n) is 3.01. The van der Waals surface area contributed by atoms with Crippen LogP contribution in [0.2, 0.25) is 0 Å². The Balaban J connectivity index is 3.18. The van der Waals surface area contributed by atoms with Crippen molar-refractivity contribution >= 4 is 11.5 Å². The Morgan fingerprint density at radius 2 is 2.31 bits per heavy atom. The molecular weight excluding hydrogens is 206 g/mol. The minimum absolute atomic E-state index is 0.0171. The second-order valence-corrected chi connectivity index (χ2v) is 3.01. The van der Waals surface area contributed by atoms with Crippen LogP contribution in [0.25, 0.3) is 5.57 Å². The molecule has 0 fully saturated rings. The molecule has 0 saturated heterocycles. The lowest BCUT2D eigenvalue weighted by atomic mass is 10.0. The fourth-order valence-electron chi connectivity index (χ4n) is 1.27. The highest BCUT2D eigenvalue weighted by Gasteiger charge is 2.17. The van der Waals surface area contributed by atoms with Gasteiger partial charge in [0.25, 0.3) is 0 Å². The molecule has 0 atom stereocenters. The maximum Gasteiger partial charge on any atom is 0.338 e. The number of hydrogen-bond donors (Lipinski definition) is 1. The van der Waals surface area contributed by atoms with Crippen LogP contribution in [0, 0.1) is 11.3 Å². The highest BCUT2D eigenvalue weighted by atomic mass is 16.5. The third-order valence-electron chi connectivity index (χ3n) is 1.99. The Kier molecular flexibility index (Phi) is 3.67. The van der Waals surface area contributed by atoms with Crippen LogP contribution in [0.15, 0.2) is 24.8 Å². The van der Waals surface area contributed by atoms with Crippen molar-refractivity contribution in [2.45, 2.75) is 6.92 Å². The maximum absolute atomic E-state index is 11.4. The lowest BCUT2D eigenvalue weighted by molar-refractivity contribution is -0.136. The average molecular weight is 217 g/mol. The molecule has 1 aromatic carbocycles. The van der Waals surface area contributed by atoms with Gasteiger partial charge < -0.3 is 9.84 Å². The van der Waals surface area contributed by atoms with Gasteiger partial charge in [-0.2, -0.15) is 5.26 Å². The largest absolute Gasteiger partial charge is 0.507 e. The van der Waals surface area contributed by atoms with Gasteiger partial charge >= 0.3 is 5.97 Å². The van der Waals surface area contributed by atoms with Crippen LogP contribution >= 0.6 is 0 Å². The van der Waals surface area contributed by atoms with Gasteiger partial charge in [0.1, 0.15) is 5.75 Å². The molecular formula is C12H11NO3. The summed E-state index contributed by atoms with van der Waals surface area (Å²) in [6.45, 7) is 5.41. The Labute approximate surface area is 93.4 Å². The minimum atomic E-state index is -0.638. The predicted molar refractivity (Wildman–Crippen MR) is 58.5 cm³/mol. The maximum atomic E-state index is 11.4. The minimum Gasteiger partial charge on any atom is -0.507 e. The lowest BCUT2D eigenvalue weighted by Crippen LogP contribution is -2.07. The van der Waals surface area contributed by atoms with Gasteiger partial charge in [-0.15, -0.1) is 0 Å². The number of aromatic hydroxyl groups is 1. The summed E-state index contributed by atoms with van der Waals surface area (Å²) in [5.74, 6) is -0.794. The molecule has 0 unspecified atom stereocenters. The number of ether oxygens (including phenoxy) is 1. The van der Waals surface area contributed by atoms with E-state index in [0.717, 1.165) is 0 Å². The van der Waals surface area contributed by atoms with Gasteiger partial charge in [-0.25, -0.2) is 4.79 Å². The van der Waals surface area contributed by atoms with Crippen molar-refractivity contribution in [3.8, 4) is 11.8 Å². The first-order valence-corrected chi connectivity index (χ1v) is 4.70. The highest BCUT2D eigenvalue weighted by Crippen LogP contribution is 2.28. The zero-order valence-electron chi connectivity index (χ0n) is 8.86. The van der Waals surface area contributed by atoms with Gasteiger partial charge in [0.2, 0.25) is 0 Å². The molecule has 1 N–H and O–H groups in total. The smallest absolute Gasteiger partial charge is 0.338 e. The lowest BCUT2D eigenvalue weighted by Gasteiger charge is -2.08. The zero-order valence-corrected chi connectivity index (χ0v) is 8.86. The number of carbonyl (C=O) groups excluding carboxylic acids is 1. The van der Waals surface area contributed by atoms with E-state index in [9.17, 15) is 9.90 Å². The topological polar surface area (TPSA) is 70.3 Å². The highest BCUT2D eigenvalue weighted by molar-refractivity contribution is 6.17. The van der Waals surface area contributed by atoms with Crippen molar-refractivity contribution in [1.82, 2.24) is 0 Å². The molecule has 0 aromatic heterocycles. The summed E-state index contributed by atoms with van der Waals surface area (Å²) < 4.78 is 4.75. The number of esters is 1. The number of carbonyl (C=O) groups is 1. The molecule has 0 aliphatic heterocycles. The van der Waals surface area contributed by atoms with Crippen LogP contribution in [-0.4, -0.2) is 17.7 Å². The Morgan fingerprint density at radius 3 is 2.88 bits per heavy atom. The number of nitriles is 1. The van der Waals surface area contributed by atoms with E-state index in [4.69, 9.17) is 10.00 Å². The number of phenolic OH excluding ortho intramolecular Hbond substituents is 1. The Morgan fingerprint density at radius 1 is 1.62 bits per heavy atom. The molecule has 4 nitrogen and oxygen atoms in total. The van der Waals surface area contributed by atoms with Crippen molar-refractivity contribution in [2.75, 3.05) is 6.61 Å². The number of benzene rings is 1. The van der Waals surface area contributed by atoms with E-state index in [0.29, 0.717) is 0 Å². The predicted octanol–water partition coefficient (Wildman–Crippen LogP) is 1.84. The molecule has 0 radical (unpaired) electrons. The summed E-state index contributed by atoms with van der Waals surface area (Å²) >= 11 is 0. The van der Waals surface area contributed by atoms with Gasteiger partial charge in [-0.1, -0.05) is 12.6 Å². The molecule has 1 aromatic rings. The van der Waals surface area contributed by atoms with Crippen LogP contribution in [0.5, 0.6) is 5.75 Å². The van der Waals surface area contributed by atoms with Crippen LogP contribution < -0.4 is 0 Å². The van der Waals surface area contributed by atoms with Gasteiger partial charge in [-0.05, 0) is 19.1 Å². The first kappa shape index (κ1) is 11.8. The number of rotatable bonds is 3. The number of nitrogens with zero attached hydrogens (tertiary/aromatic N) is 1. The number of phenols is 1. The van der Waals surface area contributed by atoms with E-state index >= 15 is 0 Å². The summed E-state index contributed by atoms with van der Waals surface area (Å²) in [6.07, 6.45) is 0. The van der Waals surface area contributed by atoms with Crippen molar-refractivity contribution in [3.05, 3.63) is 35.9 Å². The fourth-order valence-corrected chi connectivity index (χ4v) is 1.27. The molecule has 0 aliphatic carbocycles. The molecule has 0 amide bonds. The van der Waals surface area contributed by atoms with E-state index in [1.807, 2.05) is 6.07 Å². The molecule has 4 heteroatoms. The molecule has 0 saturated carbocycles. The van der Waals surface area contributed by atoms with Gasteiger partial charge in [-0.3, -0.25) is 0 Å². The third-order valence-corrected chi connectivity index (χ3v) is 1.99.